The van der Waals surface area contributed by atoms with Crippen LogP contribution in [0.15, 0.2) is 65.1 Å². The van der Waals surface area contributed by atoms with Gasteiger partial charge < -0.3 is 24.4 Å². The number of esters is 1. The van der Waals surface area contributed by atoms with Crippen LogP contribution < -0.4 is 10.5 Å². The van der Waals surface area contributed by atoms with Crippen molar-refractivity contribution >= 4 is 16.9 Å². The van der Waals surface area contributed by atoms with E-state index in [1.807, 2.05) is 49.4 Å². The normalized spacial score (nSPS) is 12.0. The Balaban J connectivity index is 1.60. The first kappa shape index (κ1) is 25.4. The van der Waals surface area contributed by atoms with Crippen molar-refractivity contribution in [2.45, 2.75) is 39.5 Å². The summed E-state index contributed by atoms with van der Waals surface area (Å²) in [5.74, 6) is 0.588. The quantitative estimate of drug-likeness (QED) is 0.286. The summed E-state index contributed by atoms with van der Waals surface area (Å²) in [6.45, 7) is 4.29. The third kappa shape index (κ3) is 5.75. The Bertz CT molecular complexity index is 1360. The lowest BCUT2D eigenvalue weighted by Gasteiger charge is -2.15. The summed E-state index contributed by atoms with van der Waals surface area (Å²) in [7, 11) is 1.56. The molecule has 1 aromatic heterocycles. The predicted octanol–water partition coefficient (Wildman–Crippen LogP) is 5.71. The van der Waals surface area contributed by atoms with E-state index in [4.69, 9.17) is 24.4 Å². The van der Waals surface area contributed by atoms with E-state index < -0.39 is 0 Å². The highest BCUT2D eigenvalue weighted by Crippen LogP contribution is 2.35. The number of hydrogen-bond donors (Lipinski definition) is 1. The maximum absolute atomic E-state index is 15.2. The number of nitrogens with two attached hydrogens (primary N) is 1. The van der Waals surface area contributed by atoms with Gasteiger partial charge in [0.2, 0.25) is 0 Å². The number of halogens is 1. The Morgan fingerprint density at radius 1 is 1.06 bits per heavy atom. The van der Waals surface area contributed by atoms with Crippen LogP contribution in [0.5, 0.6) is 5.75 Å². The number of methoxy groups -OCH3 is 1. The number of rotatable bonds is 10. The van der Waals surface area contributed by atoms with Crippen molar-refractivity contribution in [2.24, 2.45) is 5.73 Å². The van der Waals surface area contributed by atoms with Gasteiger partial charge in [-0.3, -0.25) is 4.79 Å². The topological polar surface area (TPSA) is 83.9 Å². The average Bonchev–Trinajstić information content (AvgIpc) is 3.23. The number of furan rings is 1. The van der Waals surface area contributed by atoms with Gasteiger partial charge in [0.25, 0.3) is 0 Å². The molecule has 4 aromatic rings. The number of fused-ring (bicyclic) bond motifs is 1. The maximum Gasteiger partial charge on any atom is 0.310 e. The molecule has 2 N–H and O–H groups in total. The molecule has 188 valence electrons. The Labute approximate surface area is 209 Å². The van der Waals surface area contributed by atoms with E-state index in [-0.39, 0.29) is 37.5 Å². The second-order valence-corrected chi connectivity index (χ2v) is 8.73. The zero-order valence-electron chi connectivity index (χ0n) is 20.7. The lowest BCUT2D eigenvalue weighted by atomic mass is 9.98. The van der Waals surface area contributed by atoms with Crippen LogP contribution in [0.1, 0.15) is 29.4 Å². The molecule has 0 aliphatic rings. The monoisotopic (exact) mass is 491 g/mol. The number of carbonyl (C=O) groups excluding carboxylic acids is 1. The van der Waals surface area contributed by atoms with E-state index in [9.17, 15) is 4.79 Å². The Morgan fingerprint density at radius 3 is 2.61 bits per heavy atom. The molecule has 36 heavy (non-hydrogen) atoms. The van der Waals surface area contributed by atoms with Gasteiger partial charge in [-0.25, -0.2) is 4.39 Å². The third-order valence-electron chi connectivity index (χ3n) is 5.82. The molecule has 0 aliphatic carbocycles. The fourth-order valence-electron chi connectivity index (χ4n) is 4.21. The average molecular weight is 492 g/mol. The smallest absolute Gasteiger partial charge is 0.310 e. The molecule has 0 bridgehead atoms. The van der Waals surface area contributed by atoms with E-state index in [1.165, 1.54) is 0 Å². The predicted molar refractivity (Wildman–Crippen MR) is 136 cm³/mol. The molecule has 1 atom stereocenters. The summed E-state index contributed by atoms with van der Waals surface area (Å²) in [6, 6.07) is 18.3. The van der Waals surface area contributed by atoms with Gasteiger partial charge in [0, 0.05) is 41.3 Å². The summed E-state index contributed by atoms with van der Waals surface area (Å²) >= 11 is 0. The first-order chi connectivity index (χ1) is 17.4. The molecule has 0 radical (unpaired) electrons. The standard InChI is InChI=1S/C29H30FNO5/c1-18-11-23-12-20(13-25(29(23)36-18)24-9-6-8-22(15-31)28(24)30)17-34-26-10-5-4-7-21(26)14-27(32)35-19(2)16-33-3/h4-13,19H,14-17,31H2,1-3H3. The summed E-state index contributed by atoms with van der Waals surface area (Å²) in [4.78, 5) is 12.4. The molecule has 0 fully saturated rings. The molecular weight excluding hydrogens is 461 g/mol. The maximum atomic E-state index is 15.2. The van der Waals surface area contributed by atoms with Crippen molar-refractivity contribution in [3.05, 3.63) is 88.9 Å². The largest absolute Gasteiger partial charge is 0.489 e. The zero-order chi connectivity index (χ0) is 25.7. The molecule has 0 aliphatic heterocycles. The van der Waals surface area contributed by atoms with E-state index in [2.05, 4.69) is 0 Å². The van der Waals surface area contributed by atoms with E-state index in [0.29, 0.717) is 40.2 Å². The molecule has 0 saturated heterocycles. The summed E-state index contributed by atoms with van der Waals surface area (Å²) < 4.78 is 37.6. The SMILES string of the molecule is COCC(C)OC(=O)Cc1ccccc1OCc1cc(-c2cccc(CN)c2F)c2oc(C)cc2c1. The minimum atomic E-state index is -0.361. The van der Waals surface area contributed by atoms with Gasteiger partial charge in [-0.15, -0.1) is 0 Å². The van der Waals surface area contributed by atoms with E-state index in [0.717, 1.165) is 16.7 Å². The van der Waals surface area contributed by atoms with Crippen LogP contribution in [0.3, 0.4) is 0 Å². The minimum absolute atomic E-state index is 0.0759. The molecule has 7 heteroatoms. The molecule has 0 amide bonds. The van der Waals surface area contributed by atoms with Crippen LogP contribution in [0.4, 0.5) is 4.39 Å². The molecule has 0 spiro atoms. The molecule has 1 heterocycles. The molecule has 3 aromatic carbocycles. The Hall–Kier alpha value is -3.68. The van der Waals surface area contributed by atoms with Crippen molar-refractivity contribution in [1.29, 1.82) is 0 Å². The number of aryl methyl sites for hydroxylation is 1. The van der Waals surface area contributed by atoms with Crippen molar-refractivity contribution in [3.63, 3.8) is 0 Å². The fourth-order valence-corrected chi connectivity index (χ4v) is 4.21. The third-order valence-corrected chi connectivity index (χ3v) is 5.82. The van der Waals surface area contributed by atoms with Gasteiger partial charge in [0.1, 0.15) is 35.6 Å². The number of para-hydroxylation sites is 1. The van der Waals surface area contributed by atoms with Crippen LogP contribution in [0.2, 0.25) is 0 Å². The van der Waals surface area contributed by atoms with E-state index in [1.54, 1.807) is 32.2 Å². The highest BCUT2D eigenvalue weighted by molar-refractivity contribution is 5.94. The van der Waals surface area contributed by atoms with Gasteiger partial charge in [-0.1, -0.05) is 36.4 Å². The van der Waals surface area contributed by atoms with Gasteiger partial charge in [-0.2, -0.15) is 0 Å². The molecule has 0 saturated carbocycles. The van der Waals surface area contributed by atoms with Gasteiger partial charge >= 0.3 is 5.97 Å². The number of carbonyl (C=O) groups is 1. The van der Waals surface area contributed by atoms with Gasteiger partial charge in [-0.05, 0) is 43.7 Å². The summed E-state index contributed by atoms with van der Waals surface area (Å²) in [5, 5.41) is 0.852. The van der Waals surface area contributed by atoms with Crippen molar-refractivity contribution in [2.75, 3.05) is 13.7 Å². The van der Waals surface area contributed by atoms with Crippen LogP contribution in [0.25, 0.3) is 22.1 Å². The minimum Gasteiger partial charge on any atom is -0.489 e. The zero-order valence-corrected chi connectivity index (χ0v) is 20.7. The fraction of sp³-hybridized carbons (Fsp3) is 0.276. The number of ether oxygens (including phenoxy) is 3. The van der Waals surface area contributed by atoms with Crippen molar-refractivity contribution in [1.82, 2.24) is 0 Å². The highest BCUT2D eigenvalue weighted by Gasteiger charge is 2.17. The Kier molecular flexibility index (Phi) is 8.03. The second-order valence-electron chi connectivity index (χ2n) is 8.73. The Morgan fingerprint density at radius 2 is 1.83 bits per heavy atom. The van der Waals surface area contributed by atoms with Gasteiger partial charge in [0.15, 0.2) is 0 Å². The lowest BCUT2D eigenvalue weighted by molar-refractivity contribution is -0.149. The van der Waals surface area contributed by atoms with E-state index >= 15 is 4.39 Å². The molecular formula is C29H30FNO5. The number of hydrogen-bond acceptors (Lipinski definition) is 6. The van der Waals surface area contributed by atoms with Crippen molar-refractivity contribution in [3.8, 4) is 16.9 Å². The first-order valence-electron chi connectivity index (χ1n) is 11.8. The van der Waals surface area contributed by atoms with Gasteiger partial charge in [0.05, 0.1) is 13.0 Å². The molecule has 1 unspecified atom stereocenters. The second kappa shape index (κ2) is 11.4. The lowest BCUT2D eigenvalue weighted by Crippen LogP contribution is -2.21. The van der Waals surface area contributed by atoms with Crippen LogP contribution >= 0.6 is 0 Å². The summed E-state index contributed by atoms with van der Waals surface area (Å²) in [5.41, 5.74) is 9.38. The highest BCUT2D eigenvalue weighted by atomic mass is 19.1. The molecule has 4 rings (SSSR count). The van der Waals surface area contributed by atoms with Crippen molar-refractivity contribution < 1.29 is 27.8 Å². The van der Waals surface area contributed by atoms with Crippen LogP contribution in [-0.4, -0.2) is 25.8 Å². The molecule has 6 nitrogen and oxygen atoms in total. The van der Waals surface area contributed by atoms with Crippen LogP contribution in [0, 0.1) is 12.7 Å². The van der Waals surface area contributed by atoms with Crippen LogP contribution in [-0.2, 0) is 33.8 Å². The number of benzene rings is 3. The first-order valence-corrected chi connectivity index (χ1v) is 11.8. The summed E-state index contributed by atoms with van der Waals surface area (Å²) in [6.07, 6.45) is -0.260.